The van der Waals surface area contributed by atoms with Crippen molar-refractivity contribution in [1.29, 1.82) is 0 Å². The molecule has 1 aliphatic heterocycles. The second-order valence-electron chi connectivity index (χ2n) is 14.9. The molecule has 0 spiro atoms. The van der Waals surface area contributed by atoms with Gasteiger partial charge in [-0.1, -0.05) is 147 Å². The van der Waals surface area contributed by atoms with E-state index in [1.165, 1.54) is 77.0 Å². The molecular weight excluding hydrogens is 741 g/mol. The number of carbonyl (C=O) groups is 1. The van der Waals surface area contributed by atoms with Crippen LogP contribution in [0.5, 0.6) is 0 Å². The zero-order chi connectivity index (χ0) is 41.1. The Morgan fingerprint density at radius 3 is 1.71 bits per heavy atom. The molecule has 0 aromatic heterocycles. The van der Waals surface area contributed by atoms with Crippen molar-refractivity contribution in [2.75, 3.05) is 26.4 Å². The molecule has 12 nitrogen and oxygen atoms in total. The summed E-state index contributed by atoms with van der Waals surface area (Å²) < 4.78 is 58.6. The van der Waals surface area contributed by atoms with E-state index in [0.717, 1.165) is 64.2 Å². The monoisotopic (exact) mass is 819 g/mol. The van der Waals surface area contributed by atoms with E-state index < -0.39 is 59.8 Å². The first-order valence-corrected chi connectivity index (χ1v) is 23.1. The molecule has 0 aromatic carbocycles. The highest BCUT2D eigenvalue weighted by Crippen LogP contribution is 2.26. The van der Waals surface area contributed by atoms with Crippen LogP contribution in [0.4, 0.5) is 0 Å². The molecule has 1 saturated heterocycles. The van der Waals surface area contributed by atoms with Crippen molar-refractivity contribution in [3.63, 3.8) is 0 Å². The van der Waals surface area contributed by atoms with E-state index in [9.17, 15) is 28.5 Å². The van der Waals surface area contributed by atoms with Gasteiger partial charge in [0.1, 0.15) is 30.5 Å². The van der Waals surface area contributed by atoms with Gasteiger partial charge in [0, 0.05) is 13.0 Å². The third-order valence-corrected chi connectivity index (χ3v) is 10.2. The van der Waals surface area contributed by atoms with Gasteiger partial charge < -0.3 is 34.3 Å². The molecule has 328 valence electrons. The number of allylic oxidation sites excluding steroid dienone is 6. The minimum Gasteiger partial charge on any atom is -0.457 e. The van der Waals surface area contributed by atoms with Gasteiger partial charge in [0.25, 0.3) is 0 Å². The summed E-state index contributed by atoms with van der Waals surface area (Å²) in [5.41, 5.74) is 0. The van der Waals surface area contributed by atoms with Crippen LogP contribution in [-0.4, -0.2) is 97.5 Å². The van der Waals surface area contributed by atoms with Gasteiger partial charge in [0.05, 0.1) is 19.8 Å². The minimum absolute atomic E-state index is 0.0320. The molecule has 13 heteroatoms. The molecule has 0 bridgehead atoms. The van der Waals surface area contributed by atoms with Crippen molar-refractivity contribution in [2.45, 2.75) is 205 Å². The van der Waals surface area contributed by atoms with E-state index in [-0.39, 0.29) is 19.6 Å². The number of unbranched alkanes of at least 4 members (excludes halogenated alkanes) is 18. The highest BCUT2D eigenvalue weighted by molar-refractivity contribution is 7.80. The molecule has 0 amide bonds. The standard InChI is InChI=1S/C43H78O12S/c1-3-5-7-9-10-11-12-13-14-15-16-17-18-19-20-21-22-23-24-25-26-27-29-31-33-51-35-37(53-39(45)32-30-28-8-6-4-2)36-52-43-41(47)42(55-56(48,49)50)40(46)38(34-44)54-43/h12-13,15-16,18-19,37-38,40-44,46-47H,3-11,14,17,20-36H2,1-2H3,(H,48,49,50)/b13-12-,16-15-,19-18-. The van der Waals surface area contributed by atoms with Gasteiger partial charge in [-0.05, 0) is 51.4 Å². The van der Waals surface area contributed by atoms with Crippen molar-refractivity contribution in [3.8, 4) is 0 Å². The normalized spacial score (nSPS) is 21.1. The number of carbonyl (C=O) groups excluding carboxylic acids is 1. The quantitative estimate of drug-likeness (QED) is 0.0203. The Hall–Kier alpha value is -1.68. The Balaban J connectivity index is 2.26. The lowest BCUT2D eigenvalue weighted by Crippen LogP contribution is -2.60. The van der Waals surface area contributed by atoms with E-state index in [1.54, 1.807) is 0 Å². The third kappa shape index (κ3) is 28.7. The number of aliphatic hydroxyl groups is 3. The van der Waals surface area contributed by atoms with Crippen LogP contribution >= 0.6 is 0 Å². The molecular formula is C43H78O12S. The minimum atomic E-state index is -5.05. The molecule has 56 heavy (non-hydrogen) atoms. The first-order valence-electron chi connectivity index (χ1n) is 21.7. The zero-order valence-corrected chi connectivity index (χ0v) is 35.5. The molecule has 0 radical (unpaired) electrons. The van der Waals surface area contributed by atoms with Gasteiger partial charge in [-0.25, -0.2) is 4.18 Å². The van der Waals surface area contributed by atoms with Gasteiger partial charge in [0.15, 0.2) is 6.29 Å². The zero-order valence-electron chi connectivity index (χ0n) is 34.7. The molecule has 4 N–H and O–H groups in total. The summed E-state index contributed by atoms with van der Waals surface area (Å²) in [4.78, 5) is 12.6. The van der Waals surface area contributed by atoms with Crippen molar-refractivity contribution in [1.82, 2.24) is 0 Å². The summed E-state index contributed by atoms with van der Waals surface area (Å²) in [6, 6.07) is 0. The number of hydrogen-bond acceptors (Lipinski definition) is 11. The summed E-state index contributed by atoms with van der Waals surface area (Å²) in [6.45, 7) is 3.85. The van der Waals surface area contributed by atoms with Gasteiger partial charge in [0.2, 0.25) is 0 Å². The van der Waals surface area contributed by atoms with E-state index in [0.29, 0.717) is 13.0 Å². The summed E-state index contributed by atoms with van der Waals surface area (Å²) in [5.74, 6) is -0.415. The first-order chi connectivity index (χ1) is 27.1. The highest BCUT2D eigenvalue weighted by atomic mass is 32.3. The lowest BCUT2D eigenvalue weighted by molar-refractivity contribution is -0.301. The fourth-order valence-corrected chi connectivity index (χ4v) is 6.95. The smallest absolute Gasteiger partial charge is 0.397 e. The van der Waals surface area contributed by atoms with E-state index in [4.69, 9.17) is 23.5 Å². The fraction of sp³-hybridized carbons (Fsp3) is 0.837. The van der Waals surface area contributed by atoms with Crippen molar-refractivity contribution >= 4 is 16.4 Å². The Kier molecular flexibility index (Phi) is 33.0. The fourth-order valence-electron chi connectivity index (χ4n) is 6.44. The van der Waals surface area contributed by atoms with Crippen LogP contribution in [0.1, 0.15) is 168 Å². The summed E-state index contributed by atoms with van der Waals surface area (Å²) in [5, 5.41) is 30.5. The maximum absolute atomic E-state index is 12.6. The highest BCUT2D eigenvalue weighted by Gasteiger charge is 2.48. The molecule has 0 saturated carbocycles. The maximum atomic E-state index is 12.6. The van der Waals surface area contributed by atoms with Gasteiger partial charge in [-0.2, -0.15) is 8.42 Å². The summed E-state index contributed by atoms with van der Waals surface area (Å²) in [6.07, 6.45) is 31.0. The van der Waals surface area contributed by atoms with E-state index in [2.05, 4.69) is 54.5 Å². The van der Waals surface area contributed by atoms with E-state index >= 15 is 0 Å². The average molecular weight is 819 g/mol. The second-order valence-corrected chi connectivity index (χ2v) is 16.0. The van der Waals surface area contributed by atoms with Crippen LogP contribution in [-0.2, 0) is 38.3 Å². The van der Waals surface area contributed by atoms with E-state index in [1.807, 2.05) is 0 Å². The molecule has 6 unspecified atom stereocenters. The maximum Gasteiger partial charge on any atom is 0.397 e. The van der Waals surface area contributed by atoms with Crippen LogP contribution in [0.2, 0.25) is 0 Å². The lowest BCUT2D eigenvalue weighted by atomic mass is 9.99. The average Bonchev–Trinajstić information content (AvgIpc) is 3.16. The lowest BCUT2D eigenvalue weighted by Gasteiger charge is -2.41. The van der Waals surface area contributed by atoms with Crippen LogP contribution in [0.25, 0.3) is 0 Å². The van der Waals surface area contributed by atoms with Crippen molar-refractivity contribution in [3.05, 3.63) is 36.5 Å². The number of aliphatic hydroxyl groups excluding tert-OH is 3. The van der Waals surface area contributed by atoms with Crippen LogP contribution in [0.3, 0.4) is 0 Å². The summed E-state index contributed by atoms with van der Waals surface area (Å²) in [7, 11) is -5.05. The Morgan fingerprint density at radius 2 is 1.18 bits per heavy atom. The number of hydrogen-bond donors (Lipinski definition) is 4. The predicted molar refractivity (Wildman–Crippen MR) is 220 cm³/mol. The van der Waals surface area contributed by atoms with Crippen molar-refractivity contribution in [2.24, 2.45) is 0 Å². The summed E-state index contributed by atoms with van der Waals surface area (Å²) >= 11 is 0. The molecule has 1 heterocycles. The molecule has 0 aliphatic carbocycles. The Bertz CT molecular complexity index is 1130. The molecule has 0 aromatic rings. The molecule has 6 atom stereocenters. The molecule has 1 aliphatic rings. The number of esters is 1. The van der Waals surface area contributed by atoms with Crippen LogP contribution < -0.4 is 0 Å². The van der Waals surface area contributed by atoms with Crippen molar-refractivity contribution < 1.29 is 56.2 Å². The largest absolute Gasteiger partial charge is 0.457 e. The first kappa shape index (κ1) is 52.3. The van der Waals surface area contributed by atoms with Gasteiger partial charge in [-0.15, -0.1) is 0 Å². The molecule has 1 fully saturated rings. The predicted octanol–water partition coefficient (Wildman–Crippen LogP) is 8.63. The molecule has 1 rings (SSSR count). The number of rotatable bonds is 37. The Labute approximate surface area is 339 Å². The van der Waals surface area contributed by atoms with Gasteiger partial charge >= 0.3 is 16.4 Å². The third-order valence-electron chi connectivity index (χ3n) is 9.77. The topological polar surface area (TPSA) is 178 Å². The Morgan fingerprint density at radius 1 is 0.679 bits per heavy atom. The van der Waals surface area contributed by atoms with Gasteiger partial charge in [-0.3, -0.25) is 9.35 Å². The SMILES string of the molecule is CCCCCCC/C=C\C/C=C\C/C=C\CCCCCCCCCCCOCC(COC1OC(CO)C(O)C(OS(=O)(=O)O)C1O)OC(=O)CCCCCCC. The van der Waals surface area contributed by atoms with Crippen LogP contribution in [0.15, 0.2) is 36.5 Å². The number of ether oxygens (including phenoxy) is 4. The van der Waals surface area contributed by atoms with Crippen LogP contribution in [0, 0.1) is 0 Å². The second kappa shape index (κ2) is 35.3.